The molecule has 3 heteroatoms. The van der Waals surface area contributed by atoms with Crippen LogP contribution in [0.3, 0.4) is 0 Å². The SMILES string of the molecule is Cc1ccc(C(F)(F)C(C)N)c(C)c1. The number of aryl methyl sites for hydroxylation is 2. The summed E-state index contributed by atoms with van der Waals surface area (Å²) in [5, 5.41) is 0. The van der Waals surface area contributed by atoms with Gasteiger partial charge in [-0.1, -0.05) is 23.8 Å². The Morgan fingerprint density at radius 3 is 2.29 bits per heavy atom. The Morgan fingerprint density at radius 2 is 1.86 bits per heavy atom. The highest BCUT2D eigenvalue weighted by molar-refractivity contribution is 5.34. The summed E-state index contributed by atoms with van der Waals surface area (Å²) in [5.74, 6) is -2.95. The maximum Gasteiger partial charge on any atom is 0.287 e. The molecule has 0 radical (unpaired) electrons. The molecule has 1 nitrogen and oxygen atoms in total. The van der Waals surface area contributed by atoms with E-state index in [1.165, 1.54) is 13.0 Å². The van der Waals surface area contributed by atoms with Crippen molar-refractivity contribution in [1.82, 2.24) is 0 Å². The molecule has 0 aliphatic rings. The summed E-state index contributed by atoms with van der Waals surface area (Å²) in [7, 11) is 0. The van der Waals surface area contributed by atoms with Gasteiger partial charge in [-0.2, -0.15) is 8.78 Å². The first-order valence-corrected chi connectivity index (χ1v) is 4.57. The molecule has 0 aliphatic carbocycles. The highest BCUT2D eigenvalue weighted by atomic mass is 19.3. The van der Waals surface area contributed by atoms with Gasteiger partial charge in [-0.3, -0.25) is 0 Å². The molecule has 1 rings (SSSR count). The Kier molecular flexibility index (Phi) is 2.90. The standard InChI is InChI=1S/C11H15F2N/c1-7-4-5-10(8(2)6-7)11(12,13)9(3)14/h4-6,9H,14H2,1-3H3. The Labute approximate surface area is 82.9 Å². The number of rotatable bonds is 2. The normalized spacial score (nSPS) is 14.1. The molecular formula is C11H15F2N. The Balaban J connectivity index is 3.19. The van der Waals surface area contributed by atoms with Crippen LogP contribution in [0.5, 0.6) is 0 Å². The number of alkyl halides is 2. The molecule has 78 valence electrons. The molecule has 2 N–H and O–H groups in total. The van der Waals surface area contributed by atoms with Gasteiger partial charge in [0.2, 0.25) is 0 Å². The van der Waals surface area contributed by atoms with E-state index in [9.17, 15) is 8.78 Å². The van der Waals surface area contributed by atoms with Crippen LogP contribution in [0.15, 0.2) is 18.2 Å². The van der Waals surface area contributed by atoms with E-state index in [1.54, 1.807) is 19.1 Å². The first-order chi connectivity index (χ1) is 6.35. The minimum atomic E-state index is -2.95. The largest absolute Gasteiger partial charge is 0.323 e. The Morgan fingerprint density at radius 1 is 1.29 bits per heavy atom. The van der Waals surface area contributed by atoms with Gasteiger partial charge in [-0.15, -0.1) is 0 Å². The van der Waals surface area contributed by atoms with Crippen LogP contribution in [-0.4, -0.2) is 6.04 Å². The number of halogens is 2. The number of benzene rings is 1. The van der Waals surface area contributed by atoms with E-state index in [2.05, 4.69) is 0 Å². The van der Waals surface area contributed by atoms with Crippen LogP contribution in [0.4, 0.5) is 8.78 Å². The van der Waals surface area contributed by atoms with Crippen LogP contribution < -0.4 is 5.73 Å². The van der Waals surface area contributed by atoms with Crippen molar-refractivity contribution in [2.75, 3.05) is 0 Å². The minimum absolute atomic E-state index is 0.0260. The van der Waals surface area contributed by atoms with Crippen molar-refractivity contribution in [1.29, 1.82) is 0 Å². The second kappa shape index (κ2) is 3.65. The van der Waals surface area contributed by atoms with Crippen molar-refractivity contribution < 1.29 is 8.78 Å². The highest BCUT2D eigenvalue weighted by Crippen LogP contribution is 2.33. The quantitative estimate of drug-likeness (QED) is 0.778. The van der Waals surface area contributed by atoms with Crippen LogP contribution in [0.1, 0.15) is 23.6 Å². The summed E-state index contributed by atoms with van der Waals surface area (Å²) in [6.07, 6.45) is 0. The lowest BCUT2D eigenvalue weighted by Gasteiger charge is -2.22. The van der Waals surface area contributed by atoms with Crippen LogP contribution in [-0.2, 0) is 5.92 Å². The molecule has 1 unspecified atom stereocenters. The monoisotopic (exact) mass is 199 g/mol. The first kappa shape index (κ1) is 11.1. The van der Waals surface area contributed by atoms with Crippen LogP contribution in [0.2, 0.25) is 0 Å². The van der Waals surface area contributed by atoms with Gasteiger partial charge in [-0.05, 0) is 26.3 Å². The molecule has 0 aromatic heterocycles. The topological polar surface area (TPSA) is 26.0 Å². The summed E-state index contributed by atoms with van der Waals surface area (Å²) >= 11 is 0. The molecule has 0 spiro atoms. The summed E-state index contributed by atoms with van der Waals surface area (Å²) in [6.45, 7) is 4.87. The average molecular weight is 199 g/mol. The van der Waals surface area contributed by atoms with E-state index in [-0.39, 0.29) is 5.56 Å². The smallest absolute Gasteiger partial charge is 0.287 e. The van der Waals surface area contributed by atoms with E-state index < -0.39 is 12.0 Å². The third-order valence-corrected chi connectivity index (χ3v) is 2.31. The Bertz CT molecular complexity index is 332. The summed E-state index contributed by atoms with van der Waals surface area (Å²) in [5.41, 5.74) is 6.85. The average Bonchev–Trinajstić information content (AvgIpc) is 2.02. The van der Waals surface area contributed by atoms with Crippen molar-refractivity contribution in [3.63, 3.8) is 0 Å². The first-order valence-electron chi connectivity index (χ1n) is 4.57. The fraction of sp³-hybridized carbons (Fsp3) is 0.455. The molecule has 1 aromatic carbocycles. The molecular weight excluding hydrogens is 184 g/mol. The van der Waals surface area contributed by atoms with E-state index in [1.807, 2.05) is 6.92 Å². The lowest BCUT2D eigenvalue weighted by Crippen LogP contribution is -2.36. The van der Waals surface area contributed by atoms with E-state index in [4.69, 9.17) is 5.73 Å². The molecule has 0 bridgehead atoms. The molecule has 0 amide bonds. The maximum absolute atomic E-state index is 13.5. The predicted octanol–water partition coefficient (Wildman–Crippen LogP) is 2.74. The minimum Gasteiger partial charge on any atom is -0.323 e. The van der Waals surface area contributed by atoms with Crippen molar-refractivity contribution in [3.05, 3.63) is 34.9 Å². The zero-order valence-corrected chi connectivity index (χ0v) is 8.64. The fourth-order valence-electron chi connectivity index (χ4n) is 1.43. The number of hydrogen-bond donors (Lipinski definition) is 1. The molecule has 0 fully saturated rings. The molecule has 14 heavy (non-hydrogen) atoms. The zero-order chi connectivity index (χ0) is 10.9. The van der Waals surface area contributed by atoms with Crippen LogP contribution in [0.25, 0.3) is 0 Å². The second-order valence-electron chi connectivity index (χ2n) is 3.73. The van der Waals surface area contributed by atoms with Crippen LogP contribution >= 0.6 is 0 Å². The van der Waals surface area contributed by atoms with Gasteiger partial charge in [0.15, 0.2) is 0 Å². The summed E-state index contributed by atoms with van der Waals surface area (Å²) < 4.78 is 27.1. The van der Waals surface area contributed by atoms with Gasteiger partial charge in [0.25, 0.3) is 5.92 Å². The lowest BCUT2D eigenvalue weighted by molar-refractivity contribution is -0.0262. The highest BCUT2D eigenvalue weighted by Gasteiger charge is 2.37. The molecule has 0 aliphatic heterocycles. The van der Waals surface area contributed by atoms with Crippen molar-refractivity contribution in [3.8, 4) is 0 Å². The molecule has 0 saturated carbocycles. The third-order valence-electron chi connectivity index (χ3n) is 2.31. The van der Waals surface area contributed by atoms with Gasteiger partial charge in [0.1, 0.15) is 0 Å². The van der Waals surface area contributed by atoms with Gasteiger partial charge >= 0.3 is 0 Å². The summed E-state index contributed by atoms with van der Waals surface area (Å²) in [6, 6.07) is 3.71. The zero-order valence-electron chi connectivity index (χ0n) is 8.64. The fourth-order valence-corrected chi connectivity index (χ4v) is 1.43. The van der Waals surface area contributed by atoms with Crippen molar-refractivity contribution in [2.24, 2.45) is 5.73 Å². The third kappa shape index (κ3) is 1.93. The van der Waals surface area contributed by atoms with Gasteiger partial charge in [0.05, 0.1) is 6.04 Å². The Hall–Kier alpha value is -0.960. The maximum atomic E-state index is 13.5. The number of hydrogen-bond acceptors (Lipinski definition) is 1. The van der Waals surface area contributed by atoms with Crippen LogP contribution in [0, 0.1) is 13.8 Å². The number of nitrogens with two attached hydrogens (primary N) is 1. The molecule has 0 saturated heterocycles. The molecule has 1 atom stereocenters. The van der Waals surface area contributed by atoms with E-state index >= 15 is 0 Å². The molecule has 0 heterocycles. The predicted molar refractivity (Wildman–Crippen MR) is 53.5 cm³/mol. The van der Waals surface area contributed by atoms with Crippen molar-refractivity contribution >= 4 is 0 Å². The van der Waals surface area contributed by atoms with E-state index in [0.717, 1.165) is 5.56 Å². The van der Waals surface area contributed by atoms with Gasteiger partial charge in [-0.25, -0.2) is 0 Å². The van der Waals surface area contributed by atoms with Gasteiger partial charge in [0, 0.05) is 5.56 Å². The van der Waals surface area contributed by atoms with Gasteiger partial charge < -0.3 is 5.73 Å². The van der Waals surface area contributed by atoms with Crippen molar-refractivity contribution in [2.45, 2.75) is 32.7 Å². The second-order valence-corrected chi connectivity index (χ2v) is 3.73. The molecule has 1 aromatic rings. The summed E-state index contributed by atoms with van der Waals surface area (Å²) in [4.78, 5) is 0. The van der Waals surface area contributed by atoms with E-state index in [0.29, 0.717) is 5.56 Å². The lowest BCUT2D eigenvalue weighted by atomic mass is 9.96.